The predicted octanol–water partition coefficient (Wildman–Crippen LogP) is 1.19. The lowest BCUT2D eigenvalue weighted by Crippen LogP contribution is -2.41. The van der Waals surface area contributed by atoms with Crippen LogP contribution in [0.3, 0.4) is 0 Å². The molecule has 1 atom stereocenters. The molecule has 4 heteroatoms. The van der Waals surface area contributed by atoms with Crippen molar-refractivity contribution in [3.05, 3.63) is 30.3 Å². The van der Waals surface area contributed by atoms with E-state index in [1.807, 2.05) is 13.0 Å². The maximum absolute atomic E-state index is 5.77. The molecule has 92 valence electrons. The molecule has 3 N–H and O–H groups in total. The monoisotopic (exact) mass is 232 g/mol. The summed E-state index contributed by atoms with van der Waals surface area (Å²) >= 11 is 0. The number of nitrogens with zero attached hydrogens (tertiary/aromatic N) is 2. The second-order valence-corrected chi connectivity index (χ2v) is 4.27. The molecule has 1 heterocycles. The highest BCUT2D eigenvalue weighted by atomic mass is 15.2. The second-order valence-electron chi connectivity index (χ2n) is 4.27. The van der Waals surface area contributed by atoms with Crippen LogP contribution in [-0.2, 0) is 0 Å². The molecule has 1 aromatic rings. The van der Waals surface area contributed by atoms with E-state index < -0.39 is 0 Å². The Balaban J connectivity index is 1.90. The minimum Gasteiger partial charge on any atom is -0.370 e. The Morgan fingerprint density at radius 3 is 2.94 bits per heavy atom. The van der Waals surface area contributed by atoms with Gasteiger partial charge in [0.05, 0.1) is 0 Å². The summed E-state index contributed by atoms with van der Waals surface area (Å²) < 4.78 is 0. The van der Waals surface area contributed by atoms with Gasteiger partial charge < -0.3 is 16.0 Å². The number of guanidine groups is 1. The van der Waals surface area contributed by atoms with Crippen LogP contribution in [-0.4, -0.2) is 31.6 Å². The van der Waals surface area contributed by atoms with Crippen molar-refractivity contribution in [1.29, 1.82) is 0 Å². The van der Waals surface area contributed by atoms with Crippen LogP contribution >= 0.6 is 0 Å². The fraction of sp³-hybridized carbons (Fsp3) is 0.462. The van der Waals surface area contributed by atoms with E-state index in [9.17, 15) is 0 Å². The molecule has 0 radical (unpaired) electrons. The van der Waals surface area contributed by atoms with Crippen LogP contribution in [0.1, 0.15) is 13.3 Å². The first-order chi connectivity index (χ1) is 8.29. The average Bonchev–Trinajstić information content (AvgIpc) is 2.79. The number of hydrogen-bond acceptors (Lipinski definition) is 2. The molecule has 1 fully saturated rings. The first kappa shape index (κ1) is 11.8. The van der Waals surface area contributed by atoms with Crippen molar-refractivity contribution in [1.82, 2.24) is 5.32 Å². The van der Waals surface area contributed by atoms with Gasteiger partial charge in [-0.2, -0.15) is 0 Å². The summed E-state index contributed by atoms with van der Waals surface area (Å²) in [5.74, 6) is 0.562. The van der Waals surface area contributed by atoms with Crippen LogP contribution in [0.25, 0.3) is 0 Å². The molecule has 1 saturated heterocycles. The molecule has 1 aromatic carbocycles. The smallest absolute Gasteiger partial charge is 0.188 e. The van der Waals surface area contributed by atoms with Gasteiger partial charge in [-0.1, -0.05) is 18.2 Å². The lowest BCUT2D eigenvalue weighted by atomic mass is 10.3. The number of aliphatic imine (C=N–C) groups is 1. The minimum absolute atomic E-state index is 0.408. The normalized spacial score (nSPS) is 20.6. The Morgan fingerprint density at radius 1 is 1.47 bits per heavy atom. The highest BCUT2D eigenvalue weighted by Crippen LogP contribution is 2.19. The van der Waals surface area contributed by atoms with E-state index in [2.05, 4.69) is 39.5 Å². The number of benzene rings is 1. The fourth-order valence-corrected chi connectivity index (χ4v) is 2.18. The molecule has 17 heavy (non-hydrogen) atoms. The summed E-state index contributed by atoms with van der Waals surface area (Å²) in [7, 11) is 0. The molecular formula is C13H20N4. The molecule has 0 aromatic heterocycles. The lowest BCUT2D eigenvalue weighted by molar-refractivity contribution is 0.664. The molecular weight excluding hydrogens is 212 g/mol. The summed E-state index contributed by atoms with van der Waals surface area (Å²) in [5, 5.41) is 3.27. The second kappa shape index (κ2) is 5.57. The number of anilines is 1. The molecule has 0 amide bonds. The number of para-hydroxylation sites is 1. The Hall–Kier alpha value is -1.71. The number of rotatable bonds is 3. The van der Waals surface area contributed by atoms with E-state index in [0.717, 1.165) is 26.1 Å². The zero-order valence-corrected chi connectivity index (χ0v) is 10.3. The Kier molecular flexibility index (Phi) is 3.85. The summed E-state index contributed by atoms with van der Waals surface area (Å²) in [6.07, 6.45) is 1.11. The summed E-state index contributed by atoms with van der Waals surface area (Å²) in [6.45, 7) is 4.78. The van der Waals surface area contributed by atoms with Gasteiger partial charge in [-0.15, -0.1) is 0 Å². The van der Waals surface area contributed by atoms with E-state index in [0.29, 0.717) is 12.0 Å². The van der Waals surface area contributed by atoms with Gasteiger partial charge >= 0.3 is 0 Å². The largest absolute Gasteiger partial charge is 0.370 e. The first-order valence-electron chi connectivity index (χ1n) is 6.16. The fourth-order valence-electron chi connectivity index (χ4n) is 2.18. The zero-order chi connectivity index (χ0) is 12.1. The Labute approximate surface area is 103 Å². The van der Waals surface area contributed by atoms with Gasteiger partial charge in [-0.05, 0) is 25.5 Å². The Bertz CT molecular complexity index is 374. The van der Waals surface area contributed by atoms with Crippen molar-refractivity contribution in [2.24, 2.45) is 10.7 Å². The van der Waals surface area contributed by atoms with Crippen LogP contribution in [0, 0.1) is 0 Å². The standard InChI is InChI=1S/C13H20N4/c1-2-15-13(14)16-11-8-9-17(10-11)12-6-4-3-5-7-12/h3-7,11H,2,8-10H2,1H3,(H3,14,15,16). The van der Waals surface area contributed by atoms with Crippen LogP contribution in [0.4, 0.5) is 5.69 Å². The van der Waals surface area contributed by atoms with Gasteiger partial charge in [0.2, 0.25) is 0 Å². The molecule has 1 unspecified atom stereocenters. The van der Waals surface area contributed by atoms with Crippen LogP contribution < -0.4 is 16.0 Å². The molecule has 1 aliphatic heterocycles. The third-order valence-corrected chi connectivity index (χ3v) is 2.99. The first-order valence-corrected chi connectivity index (χ1v) is 6.16. The topological polar surface area (TPSA) is 53.6 Å². The minimum atomic E-state index is 0.408. The molecule has 4 nitrogen and oxygen atoms in total. The quantitative estimate of drug-likeness (QED) is 0.608. The zero-order valence-electron chi connectivity index (χ0n) is 10.3. The summed E-state index contributed by atoms with van der Waals surface area (Å²) in [4.78, 5) is 6.52. The van der Waals surface area contributed by atoms with Crippen molar-refractivity contribution >= 4 is 11.6 Å². The van der Waals surface area contributed by atoms with Gasteiger partial charge in [0.25, 0.3) is 0 Å². The molecule has 1 aliphatic rings. The van der Waals surface area contributed by atoms with Crippen LogP contribution in [0.5, 0.6) is 0 Å². The average molecular weight is 232 g/mol. The van der Waals surface area contributed by atoms with E-state index in [-0.39, 0.29) is 0 Å². The molecule has 0 aliphatic carbocycles. The Morgan fingerprint density at radius 2 is 2.24 bits per heavy atom. The van der Waals surface area contributed by atoms with Gasteiger partial charge in [0.15, 0.2) is 5.96 Å². The van der Waals surface area contributed by atoms with Crippen molar-refractivity contribution in [2.75, 3.05) is 24.5 Å². The van der Waals surface area contributed by atoms with Gasteiger partial charge in [-0.3, -0.25) is 4.99 Å². The number of nitrogens with one attached hydrogen (secondary N) is 1. The lowest BCUT2D eigenvalue weighted by Gasteiger charge is -2.19. The van der Waals surface area contributed by atoms with E-state index in [4.69, 9.17) is 5.73 Å². The highest BCUT2D eigenvalue weighted by Gasteiger charge is 2.22. The van der Waals surface area contributed by atoms with E-state index in [1.54, 1.807) is 0 Å². The maximum atomic E-state index is 5.77. The maximum Gasteiger partial charge on any atom is 0.188 e. The van der Waals surface area contributed by atoms with Crippen molar-refractivity contribution < 1.29 is 0 Å². The van der Waals surface area contributed by atoms with Crippen LogP contribution in [0.2, 0.25) is 0 Å². The molecule has 0 bridgehead atoms. The van der Waals surface area contributed by atoms with Crippen molar-refractivity contribution in [3.63, 3.8) is 0 Å². The summed E-state index contributed by atoms with van der Waals surface area (Å²) in [5.41, 5.74) is 7.05. The molecule has 2 rings (SSSR count). The predicted molar refractivity (Wildman–Crippen MR) is 72.4 cm³/mol. The molecule has 0 saturated carbocycles. The van der Waals surface area contributed by atoms with E-state index in [1.165, 1.54) is 5.69 Å². The third kappa shape index (κ3) is 3.12. The van der Waals surface area contributed by atoms with Gasteiger partial charge in [0.1, 0.15) is 0 Å². The highest BCUT2D eigenvalue weighted by molar-refractivity contribution is 5.78. The summed E-state index contributed by atoms with van der Waals surface area (Å²) in [6, 6.07) is 10.9. The SMILES string of the molecule is CCN=C(N)NC1CCN(c2ccccc2)C1. The number of nitrogens with two attached hydrogens (primary N) is 1. The third-order valence-electron chi connectivity index (χ3n) is 2.99. The van der Waals surface area contributed by atoms with Gasteiger partial charge in [-0.25, -0.2) is 0 Å². The number of hydrogen-bond donors (Lipinski definition) is 2. The van der Waals surface area contributed by atoms with Gasteiger partial charge in [0, 0.05) is 31.4 Å². The van der Waals surface area contributed by atoms with Crippen LogP contribution in [0.15, 0.2) is 35.3 Å². The van der Waals surface area contributed by atoms with Crippen molar-refractivity contribution in [3.8, 4) is 0 Å². The van der Waals surface area contributed by atoms with Crippen molar-refractivity contribution in [2.45, 2.75) is 19.4 Å². The van der Waals surface area contributed by atoms with E-state index >= 15 is 0 Å². The molecule has 0 spiro atoms.